The molecule has 2 heterocycles. The molecular weight excluding hydrogens is 230 g/mol. The monoisotopic (exact) mass is 249 g/mol. The van der Waals surface area contributed by atoms with Crippen LogP contribution in [0.1, 0.15) is 24.4 Å². The van der Waals surface area contributed by atoms with Crippen LogP contribution >= 0.6 is 11.8 Å². The number of rotatable bonds is 1. The number of benzene rings is 1. The van der Waals surface area contributed by atoms with E-state index < -0.39 is 0 Å². The molecule has 1 spiro atoms. The van der Waals surface area contributed by atoms with Gasteiger partial charge >= 0.3 is 0 Å². The van der Waals surface area contributed by atoms with Crippen LogP contribution in [0.15, 0.2) is 30.3 Å². The average molecular weight is 249 g/mol. The van der Waals surface area contributed by atoms with Gasteiger partial charge in [0.25, 0.3) is 0 Å². The van der Waals surface area contributed by atoms with Gasteiger partial charge in [-0.1, -0.05) is 30.3 Å². The van der Waals surface area contributed by atoms with Crippen LogP contribution in [0.3, 0.4) is 0 Å². The second kappa shape index (κ2) is 5.01. The van der Waals surface area contributed by atoms with E-state index in [0.29, 0.717) is 6.04 Å². The summed E-state index contributed by atoms with van der Waals surface area (Å²) in [7, 11) is 0. The van der Waals surface area contributed by atoms with Gasteiger partial charge in [0.1, 0.15) is 0 Å². The van der Waals surface area contributed by atoms with Crippen molar-refractivity contribution >= 4 is 11.8 Å². The first-order valence-corrected chi connectivity index (χ1v) is 7.56. The molecule has 0 aromatic heterocycles. The maximum Gasteiger partial charge on any atom is 0.0966 e. The molecule has 1 aromatic carbocycles. The van der Waals surface area contributed by atoms with Gasteiger partial charge in [0.05, 0.1) is 18.2 Å². The quantitative estimate of drug-likeness (QED) is 0.826. The summed E-state index contributed by atoms with van der Waals surface area (Å²) in [6, 6.07) is 11.1. The van der Waals surface area contributed by atoms with Crippen LogP contribution in [-0.4, -0.2) is 30.3 Å². The summed E-state index contributed by atoms with van der Waals surface area (Å²) < 4.78 is 6.19. The third-order valence-electron chi connectivity index (χ3n) is 3.73. The van der Waals surface area contributed by atoms with Gasteiger partial charge in [-0.15, -0.1) is 0 Å². The van der Waals surface area contributed by atoms with Crippen molar-refractivity contribution in [1.82, 2.24) is 5.32 Å². The Hall–Kier alpha value is -0.510. The predicted molar refractivity (Wildman–Crippen MR) is 72.4 cm³/mol. The van der Waals surface area contributed by atoms with Crippen LogP contribution in [0.4, 0.5) is 0 Å². The normalized spacial score (nSPS) is 33.8. The van der Waals surface area contributed by atoms with E-state index in [1.54, 1.807) is 0 Å². The highest BCUT2D eigenvalue weighted by Crippen LogP contribution is 2.41. The van der Waals surface area contributed by atoms with Crippen molar-refractivity contribution < 1.29 is 4.74 Å². The SMILES string of the molecule is c1ccc(C2NCCOC23CCCSC3)cc1. The molecule has 2 fully saturated rings. The smallest absolute Gasteiger partial charge is 0.0966 e. The number of thioether (sulfide) groups is 1. The van der Waals surface area contributed by atoms with E-state index in [0.717, 1.165) is 18.9 Å². The topological polar surface area (TPSA) is 21.3 Å². The van der Waals surface area contributed by atoms with Crippen molar-refractivity contribution in [3.05, 3.63) is 35.9 Å². The van der Waals surface area contributed by atoms with Crippen molar-refractivity contribution in [2.24, 2.45) is 0 Å². The van der Waals surface area contributed by atoms with E-state index >= 15 is 0 Å². The van der Waals surface area contributed by atoms with Crippen LogP contribution < -0.4 is 5.32 Å². The van der Waals surface area contributed by atoms with E-state index in [-0.39, 0.29) is 5.60 Å². The molecule has 0 bridgehead atoms. The molecule has 0 radical (unpaired) electrons. The lowest BCUT2D eigenvalue weighted by Crippen LogP contribution is -2.55. The Balaban J connectivity index is 1.89. The van der Waals surface area contributed by atoms with Gasteiger partial charge in [-0.25, -0.2) is 0 Å². The molecule has 92 valence electrons. The zero-order valence-electron chi connectivity index (χ0n) is 10.0. The maximum absolute atomic E-state index is 6.19. The molecule has 3 rings (SSSR count). The standard InChI is InChI=1S/C14H19NOS/c1-2-5-12(6-3-1)13-14(16-9-8-15-13)7-4-10-17-11-14/h1-3,5-6,13,15H,4,7-11H2. The Labute approximate surface area is 107 Å². The van der Waals surface area contributed by atoms with E-state index in [9.17, 15) is 0 Å². The van der Waals surface area contributed by atoms with Crippen LogP contribution in [0, 0.1) is 0 Å². The summed E-state index contributed by atoms with van der Waals surface area (Å²) in [4.78, 5) is 0. The molecule has 0 aliphatic carbocycles. The lowest BCUT2D eigenvalue weighted by Gasteiger charge is -2.46. The van der Waals surface area contributed by atoms with E-state index in [4.69, 9.17) is 4.74 Å². The Kier molecular flexibility index (Phi) is 3.41. The van der Waals surface area contributed by atoms with Gasteiger partial charge in [0.15, 0.2) is 0 Å². The molecule has 1 N–H and O–H groups in total. The molecule has 17 heavy (non-hydrogen) atoms. The molecular formula is C14H19NOS. The summed E-state index contributed by atoms with van der Waals surface area (Å²) in [5.41, 5.74) is 1.40. The fourth-order valence-electron chi connectivity index (χ4n) is 2.93. The molecule has 2 aliphatic rings. The van der Waals surface area contributed by atoms with Crippen molar-refractivity contribution in [1.29, 1.82) is 0 Å². The maximum atomic E-state index is 6.19. The molecule has 2 nitrogen and oxygen atoms in total. The minimum Gasteiger partial charge on any atom is -0.371 e. The second-order valence-electron chi connectivity index (χ2n) is 4.87. The van der Waals surface area contributed by atoms with E-state index in [2.05, 4.69) is 35.6 Å². The number of nitrogens with one attached hydrogen (secondary N) is 1. The van der Waals surface area contributed by atoms with E-state index in [1.807, 2.05) is 11.8 Å². The van der Waals surface area contributed by atoms with Crippen LogP contribution in [0.2, 0.25) is 0 Å². The first-order chi connectivity index (χ1) is 8.41. The third kappa shape index (κ3) is 2.24. The molecule has 0 amide bonds. The summed E-state index contributed by atoms with van der Waals surface area (Å²) in [5, 5.41) is 3.66. The average Bonchev–Trinajstić information content (AvgIpc) is 2.41. The third-order valence-corrected chi connectivity index (χ3v) is 5.00. The van der Waals surface area contributed by atoms with Crippen molar-refractivity contribution in [3.63, 3.8) is 0 Å². The second-order valence-corrected chi connectivity index (χ2v) is 5.97. The van der Waals surface area contributed by atoms with E-state index in [1.165, 1.54) is 24.2 Å². The summed E-state index contributed by atoms with van der Waals surface area (Å²) in [5.74, 6) is 2.41. The Bertz CT molecular complexity index is 353. The molecule has 2 saturated heterocycles. The van der Waals surface area contributed by atoms with Crippen molar-refractivity contribution in [2.45, 2.75) is 24.5 Å². The molecule has 1 aromatic rings. The number of hydrogen-bond acceptors (Lipinski definition) is 3. The zero-order valence-corrected chi connectivity index (χ0v) is 10.8. The van der Waals surface area contributed by atoms with Gasteiger partial charge in [-0.05, 0) is 24.2 Å². The van der Waals surface area contributed by atoms with Gasteiger partial charge in [-0.3, -0.25) is 0 Å². The number of morpholine rings is 1. The largest absolute Gasteiger partial charge is 0.371 e. The Morgan fingerprint density at radius 1 is 1.29 bits per heavy atom. The predicted octanol–water partition coefficient (Wildman–Crippen LogP) is 2.61. The molecule has 2 aliphatic heterocycles. The number of ether oxygens (including phenoxy) is 1. The van der Waals surface area contributed by atoms with Crippen molar-refractivity contribution in [3.8, 4) is 0 Å². The lowest BCUT2D eigenvalue weighted by atomic mass is 9.84. The number of hydrogen-bond donors (Lipinski definition) is 1. The van der Waals surface area contributed by atoms with Crippen LogP contribution in [-0.2, 0) is 4.74 Å². The summed E-state index contributed by atoms with van der Waals surface area (Å²) in [6.07, 6.45) is 2.46. The van der Waals surface area contributed by atoms with Gasteiger partial charge in [0.2, 0.25) is 0 Å². The highest BCUT2D eigenvalue weighted by molar-refractivity contribution is 7.99. The molecule has 2 unspecified atom stereocenters. The molecule has 2 atom stereocenters. The van der Waals surface area contributed by atoms with Gasteiger partial charge in [-0.2, -0.15) is 11.8 Å². The fourth-order valence-corrected chi connectivity index (χ4v) is 4.16. The van der Waals surface area contributed by atoms with Crippen molar-refractivity contribution in [2.75, 3.05) is 24.7 Å². The fraction of sp³-hybridized carbons (Fsp3) is 0.571. The van der Waals surface area contributed by atoms with Gasteiger partial charge < -0.3 is 10.1 Å². The van der Waals surface area contributed by atoms with Crippen LogP contribution in [0.25, 0.3) is 0 Å². The summed E-state index contributed by atoms with van der Waals surface area (Å²) in [6.45, 7) is 1.82. The molecule has 3 heteroatoms. The summed E-state index contributed by atoms with van der Waals surface area (Å²) >= 11 is 2.03. The van der Waals surface area contributed by atoms with Gasteiger partial charge in [0, 0.05) is 12.3 Å². The highest BCUT2D eigenvalue weighted by atomic mass is 32.2. The first kappa shape index (κ1) is 11.6. The Morgan fingerprint density at radius 2 is 2.18 bits per heavy atom. The Morgan fingerprint density at radius 3 is 2.94 bits per heavy atom. The lowest BCUT2D eigenvalue weighted by molar-refractivity contribution is -0.0888. The van der Waals surface area contributed by atoms with Crippen LogP contribution in [0.5, 0.6) is 0 Å². The highest BCUT2D eigenvalue weighted by Gasteiger charge is 2.43. The molecule has 0 saturated carbocycles. The first-order valence-electron chi connectivity index (χ1n) is 6.41. The minimum absolute atomic E-state index is 0.0303. The minimum atomic E-state index is 0.0303. The zero-order chi connectivity index (χ0) is 11.6.